The number of hydrogen-bond acceptors (Lipinski definition) is 2. The summed E-state index contributed by atoms with van der Waals surface area (Å²) in [4.78, 5) is 10.7. The quantitative estimate of drug-likeness (QED) is 0.565. The highest BCUT2D eigenvalue weighted by Crippen LogP contribution is 2.21. The molecule has 0 bridgehead atoms. The first-order valence-electron chi connectivity index (χ1n) is 4.71. The fraction of sp³-hybridized carbons (Fsp3) is 0.250. The van der Waals surface area contributed by atoms with Gasteiger partial charge >= 0.3 is 0 Å². The molecule has 1 rings (SSSR count). The molecule has 0 spiro atoms. The zero-order chi connectivity index (χ0) is 11.3. The Morgan fingerprint density at radius 3 is 2.93 bits per heavy atom. The van der Waals surface area contributed by atoms with Crippen LogP contribution in [-0.2, 0) is 0 Å². The minimum absolute atomic E-state index is 0.430. The zero-order valence-electron chi connectivity index (χ0n) is 8.63. The second-order valence-corrected chi connectivity index (χ2v) is 3.63. The van der Waals surface area contributed by atoms with E-state index in [1.807, 2.05) is 6.92 Å². The maximum Gasteiger partial charge on any atom is 0.153 e. The molecule has 0 atom stereocenters. The van der Waals surface area contributed by atoms with E-state index < -0.39 is 0 Å². The molecule has 0 saturated heterocycles. The minimum atomic E-state index is 0.430. The molecule has 80 valence electrons. The van der Waals surface area contributed by atoms with E-state index in [-0.39, 0.29) is 0 Å². The zero-order valence-corrected chi connectivity index (χ0v) is 9.38. The lowest BCUT2D eigenvalue weighted by Crippen LogP contribution is -2.01. The van der Waals surface area contributed by atoms with Gasteiger partial charge in [-0.3, -0.25) is 4.79 Å². The van der Waals surface area contributed by atoms with Gasteiger partial charge in [-0.05, 0) is 30.2 Å². The van der Waals surface area contributed by atoms with Crippen molar-refractivity contribution in [1.29, 1.82) is 0 Å². The first kappa shape index (κ1) is 11.8. The third kappa shape index (κ3) is 3.40. The fourth-order valence-electron chi connectivity index (χ4n) is 1.02. The van der Waals surface area contributed by atoms with Crippen LogP contribution in [0, 0.1) is 0 Å². The standard InChI is InChI=1S/C12H13ClO2/c1-3-9(2)8-15-12-5-4-11(13)6-10(12)7-14/h4-7H,2-3,8H2,1H3. The highest BCUT2D eigenvalue weighted by molar-refractivity contribution is 6.30. The summed E-state index contributed by atoms with van der Waals surface area (Å²) < 4.78 is 5.45. The summed E-state index contributed by atoms with van der Waals surface area (Å²) in [7, 11) is 0. The van der Waals surface area contributed by atoms with Crippen LogP contribution in [0.3, 0.4) is 0 Å². The summed E-state index contributed by atoms with van der Waals surface area (Å²) in [6.45, 7) is 6.26. The Morgan fingerprint density at radius 2 is 2.33 bits per heavy atom. The lowest BCUT2D eigenvalue weighted by atomic mass is 10.2. The van der Waals surface area contributed by atoms with Crippen molar-refractivity contribution in [3.63, 3.8) is 0 Å². The molecule has 0 radical (unpaired) electrons. The Kier molecular flexibility index (Phi) is 4.37. The average Bonchev–Trinajstić information content (AvgIpc) is 2.26. The topological polar surface area (TPSA) is 26.3 Å². The van der Waals surface area contributed by atoms with E-state index in [0.29, 0.717) is 22.9 Å². The van der Waals surface area contributed by atoms with Crippen molar-refractivity contribution in [3.05, 3.63) is 40.9 Å². The predicted molar refractivity (Wildman–Crippen MR) is 61.8 cm³/mol. The molecule has 0 aliphatic heterocycles. The number of benzene rings is 1. The lowest BCUT2D eigenvalue weighted by molar-refractivity contribution is 0.112. The third-order valence-electron chi connectivity index (χ3n) is 2.03. The summed E-state index contributed by atoms with van der Waals surface area (Å²) in [5.41, 5.74) is 1.45. The molecule has 0 heterocycles. The van der Waals surface area contributed by atoms with Gasteiger partial charge in [0.1, 0.15) is 12.4 Å². The molecule has 0 saturated carbocycles. The van der Waals surface area contributed by atoms with E-state index >= 15 is 0 Å². The van der Waals surface area contributed by atoms with Gasteiger partial charge in [0.05, 0.1) is 5.56 Å². The Hall–Kier alpha value is -1.28. The average molecular weight is 225 g/mol. The molecular weight excluding hydrogens is 212 g/mol. The Labute approximate surface area is 94.5 Å². The largest absolute Gasteiger partial charge is 0.489 e. The van der Waals surface area contributed by atoms with Crippen LogP contribution in [0.5, 0.6) is 5.75 Å². The molecule has 1 aromatic rings. The van der Waals surface area contributed by atoms with Crippen molar-refractivity contribution in [2.24, 2.45) is 0 Å². The summed E-state index contributed by atoms with van der Waals surface area (Å²) in [5, 5.41) is 0.527. The van der Waals surface area contributed by atoms with Gasteiger partial charge in [-0.25, -0.2) is 0 Å². The van der Waals surface area contributed by atoms with Crippen molar-refractivity contribution in [3.8, 4) is 5.75 Å². The third-order valence-corrected chi connectivity index (χ3v) is 2.27. The number of rotatable bonds is 5. The molecule has 0 unspecified atom stereocenters. The maximum absolute atomic E-state index is 10.7. The molecule has 0 fully saturated rings. The second-order valence-electron chi connectivity index (χ2n) is 3.19. The molecule has 1 aromatic carbocycles. The van der Waals surface area contributed by atoms with Crippen molar-refractivity contribution < 1.29 is 9.53 Å². The highest BCUT2D eigenvalue weighted by atomic mass is 35.5. The van der Waals surface area contributed by atoms with Gasteiger partial charge in [-0.1, -0.05) is 25.1 Å². The van der Waals surface area contributed by atoms with Crippen LogP contribution in [0.4, 0.5) is 0 Å². The van der Waals surface area contributed by atoms with E-state index in [1.165, 1.54) is 0 Å². The molecule has 3 heteroatoms. The molecule has 0 N–H and O–H groups in total. The number of hydrogen-bond donors (Lipinski definition) is 0. The first-order valence-corrected chi connectivity index (χ1v) is 5.09. The van der Waals surface area contributed by atoms with Gasteiger partial charge in [0, 0.05) is 5.02 Å². The number of halogens is 1. The molecule has 0 aliphatic carbocycles. The van der Waals surface area contributed by atoms with Crippen LogP contribution >= 0.6 is 11.6 Å². The van der Waals surface area contributed by atoms with E-state index in [9.17, 15) is 4.79 Å². The maximum atomic E-state index is 10.7. The normalized spacial score (nSPS) is 9.73. The van der Waals surface area contributed by atoms with Crippen LogP contribution in [0.2, 0.25) is 5.02 Å². The number of carbonyl (C=O) groups is 1. The summed E-state index contributed by atoms with van der Waals surface area (Å²) in [6, 6.07) is 4.96. The van der Waals surface area contributed by atoms with Crippen LogP contribution in [0.15, 0.2) is 30.4 Å². The van der Waals surface area contributed by atoms with Gasteiger partial charge < -0.3 is 4.74 Å². The number of carbonyl (C=O) groups excluding carboxylic acids is 1. The van der Waals surface area contributed by atoms with E-state index in [4.69, 9.17) is 16.3 Å². The highest BCUT2D eigenvalue weighted by Gasteiger charge is 2.03. The summed E-state index contributed by atoms with van der Waals surface area (Å²) in [5.74, 6) is 0.545. The van der Waals surface area contributed by atoms with Crippen LogP contribution < -0.4 is 4.74 Å². The Balaban J connectivity index is 2.76. The minimum Gasteiger partial charge on any atom is -0.489 e. The number of ether oxygens (including phenoxy) is 1. The molecule has 0 aromatic heterocycles. The van der Waals surface area contributed by atoms with Crippen LogP contribution in [0.1, 0.15) is 23.7 Å². The lowest BCUT2D eigenvalue weighted by Gasteiger charge is -2.09. The summed E-state index contributed by atoms with van der Waals surface area (Å²) >= 11 is 5.75. The first-order chi connectivity index (χ1) is 7.17. The van der Waals surface area contributed by atoms with Crippen molar-refractivity contribution >= 4 is 17.9 Å². The van der Waals surface area contributed by atoms with Gasteiger partial charge in [0.25, 0.3) is 0 Å². The molecule has 2 nitrogen and oxygen atoms in total. The molecular formula is C12H13ClO2. The fourth-order valence-corrected chi connectivity index (χ4v) is 1.21. The molecule has 0 amide bonds. The van der Waals surface area contributed by atoms with Crippen molar-refractivity contribution in [2.75, 3.05) is 6.61 Å². The molecule has 15 heavy (non-hydrogen) atoms. The van der Waals surface area contributed by atoms with Crippen LogP contribution in [-0.4, -0.2) is 12.9 Å². The molecule has 0 aliphatic rings. The van der Waals surface area contributed by atoms with E-state index in [1.54, 1.807) is 18.2 Å². The van der Waals surface area contributed by atoms with Crippen molar-refractivity contribution in [2.45, 2.75) is 13.3 Å². The van der Waals surface area contributed by atoms with Gasteiger partial charge in [0.15, 0.2) is 6.29 Å². The van der Waals surface area contributed by atoms with Gasteiger partial charge in [-0.2, -0.15) is 0 Å². The monoisotopic (exact) mass is 224 g/mol. The second kappa shape index (κ2) is 5.56. The smallest absolute Gasteiger partial charge is 0.153 e. The van der Waals surface area contributed by atoms with E-state index in [2.05, 4.69) is 6.58 Å². The SMILES string of the molecule is C=C(CC)COc1ccc(Cl)cc1C=O. The van der Waals surface area contributed by atoms with Crippen molar-refractivity contribution in [1.82, 2.24) is 0 Å². The van der Waals surface area contributed by atoms with Gasteiger partial charge in [0.2, 0.25) is 0 Å². The predicted octanol–water partition coefficient (Wildman–Crippen LogP) is 3.50. The Morgan fingerprint density at radius 1 is 1.60 bits per heavy atom. The van der Waals surface area contributed by atoms with E-state index in [0.717, 1.165) is 18.3 Å². The number of aldehydes is 1. The summed E-state index contributed by atoms with van der Waals surface area (Å²) in [6.07, 6.45) is 1.60. The van der Waals surface area contributed by atoms with Crippen LogP contribution in [0.25, 0.3) is 0 Å². The Bertz CT molecular complexity index is 372. The van der Waals surface area contributed by atoms with Gasteiger partial charge in [-0.15, -0.1) is 0 Å².